The molecule has 160 valence electrons. The minimum Gasteiger partial charge on any atom is -0.467 e. The fourth-order valence-corrected chi connectivity index (χ4v) is 3.49. The van der Waals surface area contributed by atoms with Gasteiger partial charge in [0.1, 0.15) is 6.04 Å². The second-order valence-electron chi connectivity index (χ2n) is 7.04. The van der Waals surface area contributed by atoms with Gasteiger partial charge in [-0.25, -0.2) is 18.6 Å². The molecule has 2 atom stereocenters. The Bertz CT molecular complexity index is 920. The van der Waals surface area contributed by atoms with Crippen LogP contribution >= 0.6 is 0 Å². The largest absolute Gasteiger partial charge is 0.467 e. The lowest BCUT2D eigenvalue weighted by Gasteiger charge is -2.25. The van der Waals surface area contributed by atoms with Gasteiger partial charge in [-0.15, -0.1) is 0 Å². The molecule has 30 heavy (non-hydrogen) atoms. The highest BCUT2D eigenvalue weighted by atomic mass is 19.2. The molecule has 0 unspecified atom stereocenters. The van der Waals surface area contributed by atoms with Crippen molar-refractivity contribution in [2.75, 3.05) is 7.11 Å². The number of hydrogen-bond acceptors (Lipinski definition) is 5. The van der Waals surface area contributed by atoms with Crippen LogP contribution in [0.1, 0.15) is 30.5 Å². The zero-order chi connectivity index (χ0) is 21.7. The highest BCUT2D eigenvalue weighted by Gasteiger charge is 2.34. The Morgan fingerprint density at radius 2 is 2.20 bits per heavy atom. The molecule has 1 aromatic carbocycles. The Balaban J connectivity index is 1.65. The molecule has 2 N–H and O–H groups in total. The lowest BCUT2D eigenvalue weighted by atomic mass is 10.1. The number of aromatic nitrogens is 2. The van der Waals surface area contributed by atoms with Crippen LogP contribution in [0, 0.1) is 11.6 Å². The number of amides is 2. The van der Waals surface area contributed by atoms with E-state index in [1.807, 2.05) is 0 Å². The zero-order valence-electron chi connectivity index (χ0n) is 16.4. The number of carbonyl (C=O) groups excluding carboxylic acids is 3. The van der Waals surface area contributed by atoms with Crippen LogP contribution in [0.5, 0.6) is 0 Å². The second kappa shape index (κ2) is 9.47. The molecule has 1 aromatic heterocycles. The van der Waals surface area contributed by atoms with E-state index in [-0.39, 0.29) is 37.3 Å². The van der Waals surface area contributed by atoms with E-state index in [0.717, 1.165) is 6.07 Å². The standard InChI is InChI=1S/C20H22F2N4O4/c1-30-20(29)16(7-13-9-23-11-24-13)25-17(27)8-14-5-6-18(28)26(14)10-12-3-2-4-15(21)19(12)22/h2-4,9,11,14,16H,5-8,10H2,1H3,(H,23,24)(H,25,27)/t14-,16-/m0/s1. The van der Waals surface area contributed by atoms with Crippen molar-refractivity contribution in [3.8, 4) is 0 Å². The summed E-state index contributed by atoms with van der Waals surface area (Å²) in [5.74, 6) is -3.31. The summed E-state index contributed by atoms with van der Waals surface area (Å²) in [6, 6.07) is 2.35. The molecule has 8 nitrogen and oxygen atoms in total. The van der Waals surface area contributed by atoms with Gasteiger partial charge in [0, 0.05) is 43.6 Å². The summed E-state index contributed by atoms with van der Waals surface area (Å²) in [6.45, 7) is -0.131. The smallest absolute Gasteiger partial charge is 0.328 e. The Morgan fingerprint density at radius 3 is 2.90 bits per heavy atom. The third-order valence-corrected chi connectivity index (χ3v) is 5.03. The molecule has 0 saturated carbocycles. The molecule has 2 heterocycles. The number of nitrogens with zero attached hydrogens (tertiary/aromatic N) is 2. The zero-order valence-corrected chi connectivity index (χ0v) is 16.4. The van der Waals surface area contributed by atoms with Crippen LogP contribution < -0.4 is 5.32 Å². The molecule has 2 amide bonds. The van der Waals surface area contributed by atoms with Gasteiger partial charge in [0.25, 0.3) is 0 Å². The van der Waals surface area contributed by atoms with Gasteiger partial charge in [-0.1, -0.05) is 12.1 Å². The Morgan fingerprint density at radius 1 is 1.40 bits per heavy atom. The van der Waals surface area contributed by atoms with Crippen molar-refractivity contribution in [3.05, 3.63) is 53.6 Å². The van der Waals surface area contributed by atoms with Crippen LogP contribution in [0.3, 0.4) is 0 Å². The number of likely N-dealkylation sites (tertiary alicyclic amines) is 1. The average molecular weight is 420 g/mol. The van der Waals surface area contributed by atoms with Crippen LogP contribution in [0.4, 0.5) is 8.78 Å². The number of esters is 1. The monoisotopic (exact) mass is 420 g/mol. The fourth-order valence-electron chi connectivity index (χ4n) is 3.49. The molecule has 10 heteroatoms. The summed E-state index contributed by atoms with van der Waals surface area (Å²) in [4.78, 5) is 45.0. The number of benzene rings is 1. The van der Waals surface area contributed by atoms with Crippen LogP contribution in [-0.2, 0) is 32.1 Å². The predicted octanol–water partition coefficient (Wildman–Crippen LogP) is 1.47. The van der Waals surface area contributed by atoms with Crippen molar-refractivity contribution in [1.29, 1.82) is 0 Å². The minimum atomic E-state index is -1.01. The average Bonchev–Trinajstić information content (AvgIpc) is 3.35. The van der Waals surface area contributed by atoms with Crippen molar-refractivity contribution in [3.63, 3.8) is 0 Å². The van der Waals surface area contributed by atoms with Gasteiger partial charge in [-0.3, -0.25) is 9.59 Å². The molecule has 1 fully saturated rings. The SMILES string of the molecule is COC(=O)[C@H](Cc1c[nH]cn1)NC(=O)C[C@@H]1CCC(=O)N1Cc1cccc(F)c1F. The number of nitrogens with one attached hydrogen (secondary N) is 2. The molecule has 1 saturated heterocycles. The second-order valence-corrected chi connectivity index (χ2v) is 7.04. The number of rotatable bonds is 8. The molecular weight excluding hydrogens is 398 g/mol. The maximum Gasteiger partial charge on any atom is 0.328 e. The first-order chi connectivity index (χ1) is 14.4. The van der Waals surface area contributed by atoms with E-state index in [9.17, 15) is 23.2 Å². The van der Waals surface area contributed by atoms with E-state index in [1.165, 1.54) is 30.5 Å². The van der Waals surface area contributed by atoms with Crippen molar-refractivity contribution in [1.82, 2.24) is 20.2 Å². The van der Waals surface area contributed by atoms with E-state index in [0.29, 0.717) is 12.1 Å². The topological polar surface area (TPSA) is 104 Å². The molecule has 1 aliphatic rings. The van der Waals surface area contributed by atoms with Crippen LogP contribution in [0.15, 0.2) is 30.7 Å². The molecule has 0 aliphatic carbocycles. The highest BCUT2D eigenvalue weighted by molar-refractivity contribution is 5.86. The van der Waals surface area contributed by atoms with E-state index < -0.39 is 35.6 Å². The molecule has 1 aliphatic heterocycles. The summed E-state index contributed by atoms with van der Waals surface area (Å²) in [5, 5.41) is 2.61. The summed E-state index contributed by atoms with van der Waals surface area (Å²) < 4.78 is 32.2. The number of halogens is 2. The van der Waals surface area contributed by atoms with Crippen molar-refractivity contribution in [2.24, 2.45) is 0 Å². The molecule has 0 radical (unpaired) electrons. The maximum atomic E-state index is 14.0. The van der Waals surface area contributed by atoms with Crippen molar-refractivity contribution >= 4 is 17.8 Å². The molecule has 0 spiro atoms. The van der Waals surface area contributed by atoms with Gasteiger partial charge in [0.2, 0.25) is 11.8 Å². The Labute approximate surface area is 171 Å². The number of imidazole rings is 1. The summed E-state index contributed by atoms with van der Waals surface area (Å²) in [6.07, 6.45) is 3.75. The number of methoxy groups -OCH3 is 1. The van der Waals surface area contributed by atoms with Crippen LogP contribution in [0.2, 0.25) is 0 Å². The Kier molecular flexibility index (Phi) is 6.76. The van der Waals surface area contributed by atoms with E-state index in [4.69, 9.17) is 4.74 Å². The van der Waals surface area contributed by atoms with Gasteiger partial charge < -0.3 is 19.9 Å². The van der Waals surface area contributed by atoms with Crippen molar-refractivity contribution in [2.45, 2.75) is 44.3 Å². The third-order valence-electron chi connectivity index (χ3n) is 5.03. The summed E-state index contributed by atoms with van der Waals surface area (Å²) in [7, 11) is 1.22. The Hall–Kier alpha value is -3.30. The number of carbonyl (C=O) groups is 3. The first-order valence-corrected chi connectivity index (χ1v) is 9.46. The van der Waals surface area contributed by atoms with Gasteiger partial charge in [0.05, 0.1) is 19.1 Å². The van der Waals surface area contributed by atoms with Gasteiger partial charge in [0.15, 0.2) is 11.6 Å². The van der Waals surface area contributed by atoms with E-state index in [1.54, 1.807) is 6.20 Å². The third kappa shape index (κ3) is 5.00. The summed E-state index contributed by atoms with van der Waals surface area (Å²) >= 11 is 0. The first-order valence-electron chi connectivity index (χ1n) is 9.46. The number of H-pyrrole nitrogens is 1. The molecule has 0 bridgehead atoms. The van der Waals surface area contributed by atoms with Gasteiger partial charge in [-0.2, -0.15) is 0 Å². The summed E-state index contributed by atoms with van der Waals surface area (Å²) in [5.41, 5.74) is 0.617. The van der Waals surface area contributed by atoms with Crippen LogP contribution in [0.25, 0.3) is 0 Å². The maximum absolute atomic E-state index is 14.0. The number of ether oxygens (including phenoxy) is 1. The fraction of sp³-hybridized carbons (Fsp3) is 0.400. The highest BCUT2D eigenvalue weighted by Crippen LogP contribution is 2.25. The lowest BCUT2D eigenvalue weighted by molar-refractivity contribution is -0.145. The number of hydrogen-bond donors (Lipinski definition) is 2. The predicted molar refractivity (Wildman–Crippen MR) is 101 cm³/mol. The van der Waals surface area contributed by atoms with E-state index >= 15 is 0 Å². The van der Waals surface area contributed by atoms with E-state index in [2.05, 4.69) is 15.3 Å². The van der Waals surface area contributed by atoms with Crippen LogP contribution in [-0.4, -0.2) is 51.8 Å². The molecular formula is C20H22F2N4O4. The normalized spacial score (nSPS) is 17.1. The molecule has 3 rings (SSSR count). The number of aromatic amines is 1. The van der Waals surface area contributed by atoms with Gasteiger partial charge >= 0.3 is 5.97 Å². The quantitative estimate of drug-likeness (QED) is 0.630. The first kappa shape index (κ1) is 21.4. The van der Waals surface area contributed by atoms with Gasteiger partial charge in [-0.05, 0) is 12.5 Å². The van der Waals surface area contributed by atoms with Crippen molar-refractivity contribution < 1.29 is 27.9 Å². The minimum absolute atomic E-state index is 0.0432. The molecule has 2 aromatic rings. The lowest BCUT2D eigenvalue weighted by Crippen LogP contribution is -2.45.